The molecule has 3 heterocycles. The molecule has 1 amide bonds. The van der Waals surface area contributed by atoms with Crippen LogP contribution in [-0.4, -0.2) is 57.0 Å². The number of aromatic nitrogens is 4. The second-order valence-electron chi connectivity index (χ2n) is 6.18. The molecule has 0 bridgehead atoms. The van der Waals surface area contributed by atoms with Crippen LogP contribution in [0.15, 0.2) is 36.5 Å². The van der Waals surface area contributed by atoms with Gasteiger partial charge in [0, 0.05) is 31.2 Å². The number of para-hydroxylation sites is 1. The molecule has 0 unspecified atom stereocenters. The minimum absolute atomic E-state index is 0.0550. The van der Waals surface area contributed by atoms with Gasteiger partial charge in [0.2, 0.25) is 0 Å². The van der Waals surface area contributed by atoms with E-state index < -0.39 is 0 Å². The molecule has 0 aliphatic carbocycles. The van der Waals surface area contributed by atoms with Crippen molar-refractivity contribution in [3.8, 4) is 5.69 Å². The van der Waals surface area contributed by atoms with Crippen molar-refractivity contribution in [1.82, 2.24) is 30.2 Å². The monoisotopic (exact) mass is 336 g/mol. The zero-order chi connectivity index (χ0) is 17.2. The van der Waals surface area contributed by atoms with Crippen LogP contribution in [0.4, 0.5) is 0 Å². The van der Waals surface area contributed by atoms with Gasteiger partial charge in [-0.15, -0.1) is 5.10 Å². The zero-order valence-corrected chi connectivity index (χ0v) is 14.1. The Balaban J connectivity index is 1.72. The van der Waals surface area contributed by atoms with Crippen LogP contribution in [0.5, 0.6) is 0 Å². The fourth-order valence-corrected chi connectivity index (χ4v) is 3.21. The molecule has 2 aromatic heterocycles. The Morgan fingerprint density at radius 1 is 1.16 bits per heavy atom. The summed E-state index contributed by atoms with van der Waals surface area (Å²) in [6.45, 7) is 5.07. The van der Waals surface area contributed by atoms with Crippen LogP contribution in [0, 0.1) is 6.92 Å². The molecule has 7 nitrogen and oxygen atoms in total. The fraction of sp³-hybridized carbons (Fsp3) is 0.333. The van der Waals surface area contributed by atoms with E-state index in [0.717, 1.165) is 48.3 Å². The Hall–Kier alpha value is -2.80. The molecule has 1 aliphatic heterocycles. The number of amides is 1. The Kier molecular flexibility index (Phi) is 4.15. The van der Waals surface area contributed by atoms with Crippen molar-refractivity contribution >= 4 is 16.8 Å². The minimum Gasteiger partial charge on any atom is -0.336 e. The Bertz CT molecular complexity index is 906. The van der Waals surface area contributed by atoms with Crippen LogP contribution < -0.4 is 5.32 Å². The second kappa shape index (κ2) is 6.60. The summed E-state index contributed by atoms with van der Waals surface area (Å²) in [5.41, 5.74) is 2.82. The highest BCUT2D eigenvalue weighted by atomic mass is 16.2. The van der Waals surface area contributed by atoms with Gasteiger partial charge < -0.3 is 10.2 Å². The van der Waals surface area contributed by atoms with Crippen molar-refractivity contribution in [1.29, 1.82) is 0 Å². The maximum atomic E-state index is 12.8. The molecular formula is C18H20N6O. The van der Waals surface area contributed by atoms with Gasteiger partial charge in [-0.3, -0.25) is 9.78 Å². The third-order valence-electron chi connectivity index (χ3n) is 4.56. The summed E-state index contributed by atoms with van der Waals surface area (Å²) in [5.74, 6) is -0.0550. The topological polar surface area (TPSA) is 75.9 Å². The lowest BCUT2D eigenvalue weighted by Gasteiger charge is -2.18. The number of carbonyl (C=O) groups is 1. The smallest absolute Gasteiger partial charge is 0.276 e. The summed E-state index contributed by atoms with van der Waals surface area (Å²) in [6, 6.07) is 9.83. The van der Waals surface area contributed by atoms with E-state index in [1.165, 1.54) is 0 Å². The van der Waals surface area contributed by atoms with Crippen molar-refractivity contribution in [2.75, 3.05) is 26.2 Å². The zero-order valence-electron chi connectivity index (χ0n) is 14.1. The summed E-state index contributed by atoms with van der Waals surface area (Å²) in [5, 5.41) is 12.8. The van der Waals surface area contributed by atoms with Crippen LogP contribution in [-0.2, 0) is 0 Å². The van der Waals surface area contributed by atoms with Crippen molar-refractivity contribution < 1.29 is 4.79 Å². The first-order chi connectivity index (χ1) is 12.3. The molecule has 0 spiro atoms. The largest absolute Gasteiger partial charge is 0.336 e. The van der Waals surface area contributed by atoms with E-state index in [-0.39, 0.29) is 5.91 Å². The molecule has 7 heteroatoms. The van der Waals surface area contributed by atoms with E-state index in [9.17, 15) is 4.79 Å². The molecule has 0 atom stereocenters. The average molecular weight is 336 g/mol. The third-order valence-corrected chi connectivity index (χ3v) is 4.56. The standard InChI is InChI=1S/C18H20N6O/c1-13-16(18(25)23-11-4-8-19-10-12-23)21-22-24(13)15-7-2-5-14-6-3-9-20-17(14)15/h2-3,5-7,9,19H,4,8,10-12H2,1H3. The first-order valence-corrected chi connectivity index (χ1v) is 8.52. The molecule has 1 aromatic carbocycles. The van der Waals surface area contributed by atoms with Gasteiger partial charge in [-0.05, 0) is 32.0 Å². The second-order valence-corrected chi connectivity index (χ2v) is 6.18. The number of carbonyl (C=O) groups excluding carboxylic acids is 1. The predicted octanol–water partition coefficient (Wildman–Crippen LogP) is 1.56. The van der Waals surface area contributed by atoms with E-state index in [4.69, 9.17) is 0 Å². The van der Waals surface area contributed by atoms with Crippen molar-refractivity contribution in [2.45, 2.75) is 13.3 Å². The first-order valence-electron chi connectivity index (χ1n) is 8.52. The van der Waals surface area contributed by atoms with Crippen LogP contribution in [0.25, 0.3) is 16.6 Å². The summed E-state index contributed by atoms with van der Waals surface area (Å²) in [6.07, 6.45) is 2.71. The summed E-state index contributed by atoms with van der Waals surface area (Å²) in [4.78, 5) is 19.2. The van der Waals surface area contributed by atoms with Gasteiger partial charge in [-0.2, -0.15) is 0 Å². The van der Waals surface area contributed by atoms with Crippen molar-refractivity contribution in [3.63, 3.8) is 0 Å². The lowest BCUT2D eigenvalue weighted by Crippen LogP contribution is -2.34. The number of fused-ring (bicyclic) bond motifs is 1. The van der Waals surface area contributed by atoms with Gasteiger partial charge in [-0.25, -0.2) is 4.68 Å². The molecule has 4 rings (SSSR count). The molecule has 1 fully saturated rings. The Morgan fingerprint density at radius 2 is 2.04 bits per heavy atom. The molecule has 0 radical (unpaired) electrons. The highest BCUT2D eigenvalue weighted by molar-refractivity contribution is 5.94. The van der Waals surface area contributed by atoms with Crippen molar-refractivity contribution in [3.05, 3.63) is 47.9 Å². The van der Waals surface area contributed by atoms with Crippen LogP contribution in [0.1, 0.15) is 22.6 Å². The first kappa shape index (κ1) is 15.7. The Morgan fingerprint density at radius 3 is 2.96 bits per heavy atom. The number of benzene rings is 1. The molecule has 1 N–H and O–H groups in total. The van der Waals surface area contributed by atoms with Crippen LogP contribution in [0.3, 0.4) is 0 Å². The van der Waals surface area contributed by atoms with Crippen molar-refractivity contribution in [2.24, 2.45) is 0 Å². The molecule has 128 valence electrons. The normalized spacial score (nSPS) is 15.3. The highest BCUT2D eigenvalue weighted by Gasteiger charge is 2.24. The molecular weight excluding hydrogens is 316 g/mol. The highest BCUT2D eigenvalue weighted by Crippen LogP contribution is 2.21. The maximum Gasteiger partial charge on any atom is 0.276 e. The average Bonchev–Trinajstić information content (AvgIpc) is 2.85. The van der Waals surface area contributed by atoms with Crippen LogP contribution >= 0.6 is 0 Å². The Labute approximate surface area is 145 Å². The van der Waals surface area contributed by atoms with E-state index >= 15 is 0 Å². The maximum absolute atomic E-state index is 12.8. The summed E-state index contributed by atoms with van der Waals surface area (Å²) < 4.78 is 1.71. The molecule has 3 aromatic rings. The lowest BCUT2D eigenvalue weighted by atomic mass is 10.2. The molecule has 25 heavy (non-hydrogen) atoms. The van der Waals surface area contributed by atoms with E-state index in [1.54, 1.807) is 10.9 Å². The lowest BCUT2D eigenvalue weighted by molar-refractivity contribution is 0.0759. The van der Waals surface area contributed by atoms with Gasteiger partial charge in [0.15, 0.2) is 5.69 Å². The third kappa shape index (κ3) is 2.87. The summed E-state index contributed by atoms with van der Waals surface area (Å²) >= 11 is 0. The number of nitrogens with zero attached hydrogens (tertiary/aromatic N) is 5. The molecule has 0 saturated carbocycles. The van der Waals surface area contributed by atoms with E-state index in [2.05, 4.69) is 20.6 Å². The molecule has 1 aliphatic rings. The number of rotatable bonds is 2. The van der Waals surface area contributed by atoms with Gasteiger partial charge >= 0.3 is 0 Å². The van der Waals surface area contributed by atoms with E-state index in [1.807, 2.05) is 42.2 Å². The van der Waals surface area contributed by atoms with Crippen LogP contribution in [0.2, 0.25) is 0 Å². The molecule has 1 saturated heterocycles. The van der Waals surface area contributed by atoms with Gasteiger partial charge in [0.1, 0.15) is 0 Å². The van der Waals surface area contributed by atoms with Gasteiger partial charge in [0.25, 0.3) is 5.91 Å². The summed E-state index contributed by atoms with van der Waals surface area (Å²) in [7, 11) is 0. The predicted molar refractivity (Wildman–Crippen MR) is 94.8 cm³/mol. The van der Waals surface area contributed by atoms with Gasteiger partial charge in [-0.1, -0.05) is 23.4 Å². The van der Waals surface area contributed by atoms with E-state index in [0.29, 0.717) is 12.2 Å². The fourth-order valence-electron chi connectivity index (χ4n) is 3.21. The number of pyridine rings is 1. The van der Waals surface area contributed by atoms with Gasteiger partial charge in [0.05, 0.1) is 16.9 Å². The quantitative estimate of drug-likeness (QED) is 0.768. The number of nitrogens with one attached hydrogen (secondary N) is 1. The SMILES string of the molecule is Cc1c(C(=O)N2CCCNCC2)nnn1-c1cccc2cccnc12. The minimum atomic E-state index is -0.0550. The number of hydrogen-bond acceptors (Lipinski definition) is 5. The number of hydrogen-bond donors (Lipinski definition) is 1.